The molecule has 11 heteroatoms. The van der Waals surface area contributed by atoms with Crippen LogP contribution in [0.1, 0.15) is 26.2 Å². The van der Waals surface area contributed by atoms with Crippen molar-refractivity contribution in [1.29, 1.82) is 0 Å². The van der Waals surface area contributed by atoms with Gasteiger partial charge in [0.1, 0.15) is 12.3 Å². The lowest BCUT2D eigenvalue weighted by molar-refractivity contribution is -0.141. The van der Waals surface area contributed by atoms with Crippen molar-refractivity contribution in [2.45, 2.75) is 49.2 Å². The summed E-state index contributed by atoms with van der Waals surface area (Å²) in [5.41, 5.74) is 0. The highest BCUT2D eigenvalue weighted by Gasteiger charge is 2.37. The fourth-order valence-corrected chi connectivity index (χ4v) is 4.32. The number of carbonyl (C=O) groups excluding carboxylic acids is 3. The predicted octanol–water partition coefficient (Wildman–Crippen LogP) is -0.497. The number of benzene rings is 1. The average Bonchev–Trinajstić information content (AvgIpc) is 3.16. The zero-order chi connectivity index (χ0) is 21.6. The molecule has 2 amide bonds. The van der Waals surface area contributed by atoms with E-state index in [-0.39, 0.29) is 11.4 Å². The van der Waals surface area contributed by atoms with Crippen molar-refractivity contribution in [1.82, 2.24) is 14.9 Å². The van der Waals surface area contributed by atoms with Gasteiger partial charge in [-0.2, -0.15) is 4.72 Å². The number of carboxylic acids is 1. The summed E-state index contributed by atoms with van der Waals surface area (Å²) in [7, 11) is -3.92. The van der Waals surface area contributed by atoms with Gasteiger partial charge in [-0.05, 0) is 31.9 Å². The predicted molar refractivity (Wildman–Crippen MR) is 101 cm³/mol. The fraction of sp³-hybridized carbons (Fsp3) is 0.444. The van der Waals surface area contributed by atoms with Crippen molar-refractivity contribution in [2.24, 2.45) is 0 Å². The quantitative estimate of drug-likeness (QED) is 0.452. The first-order valence-corrected chi connectivity index (χ1v) is 10.5. The molecule has 0 saturated carbocycles. The Morgan fingerprint density at radius 2 is 1.93 bits per heavy atom. The Balaban J connectivity index is 2.06. The molecule has 158 valence electrons. The Morgan fingerprint density at radius 3 is 2.52 bits per heavy atom. The third kappa shape index (κ3) is 5.84. The second-order valence-corrected chi connectivity index (χ2v) is 8.41. The average molecular weight is 425 g/mol. The van der Waals surface area contributed by atoms with Crippen LogP contribution in [0.25, 0.3) is 0 Å². The van der Waals surface area contributed by atoms with Crippen molar-refractivity contribution in [3.05, 3.63) is 30.3 Å². The van der Waals surface area contributed by atoms with Gasteiger partial charge in [0.05, 0.1) is 23.4 Å². The summed E-state index contributed by atoms with van der Waals surface area (Å²) in [6.07, 6.45) is 0.605. The largest absolute Gasteiger partial charge is 0.481 e. The summed E-state index contributed by atoms with van der Waals surface area (Å²) in [5.74, 6) is -2.47. The number of amides is 2. The minimum absolute atomic E-state index is 0.0119. The zero-order valence-electron chi connectivity index (χ0n) is 15.8. The SMILES string of the molecule is C[C@H](NS(=O)(=O)c1ccccc1)C(=O)N1CCC[C@H]1C(=O)N[C@H](C=O)CC(=O)O. The van der Waals surface area contributed by atoms with E-state index >= 15 is 0 Å². The highest BCUT2D eigenvalue weighted by molar-refractivity contribution is 7.89. The van der Waals surface area contributed by atoms with Crippen LogP contribution < -0.4 is 10.0 Å². The molecule has 3 atom stereocenters. The maximum atomic E-state index is 12.8. The molecule has 0 spiro atoms. The van der Waals surface area contributed by atoms with Crippen molar-refractivity contribution >= 4 is 34.1 Å². The Morgan fingerprint density at radius 1 is 1.28 bits per heavy atom. The second-order valence-electron chi connectivity index (χ2n) is 6.69. The molecule has 29 heavy (non-hydrogen) atoms. The molecule has 1 saturated heterocycles. The number of nitrogens with zero attached hydrogens (tertiary/aromatic N) is 1. The lowest BCUT2D eigenvalue weighted by Crippen LogP contribution is -2.54. The maximum Gasteiger partial charge on any atom is 0.305 e. The highest BCUT2D eigenvalue weighted by Crippen LogP contribution is 2.19. The van der Waals surface area contributed by atoms with Crippen LogP contribution in [0.5, 0.6) is 0 Å². The smallest absolute Gasteiger partial charge is 0.305 e. The molecule has 2 rings (SSSR count). The van der Waals surface area contributed by atoms with Crippen LogP contribution >= 0.6 is 0 Å². The van der Waals surface area contributed by atoms with Gasteiger partial charge in [-0.15, -0.1) is 0 Å². The summed E-state index contributed by atoms with van der Waals surface area (Å²) >= 11 is 0. The van der Waals surface area contributed by atoms with Gasteiger partial charge in [-0.3, -0.25) is 14.4 Å². The third-order valence-electron chi connectivity index (χ3n) is 4.48. The summed E-state index contributed by atoms with van der Waals surface area (Å²) in [4.78, 5) is 48.2. The molecule has 1 aliphatic heterocycles. The van der Waals surface area contributed by atoms with Crippen LogP contribution in [-0.2, 0) is 29.2 Å². The fourth-order valence-electron chi connectivity index (χ4n) is 3.10. The number of aliphatic carboxylic acids is 1. The van der Waals surface area contributed by atoms with E-state index in [1.54, 1.807) is 18.2 Å². The molecule has 3 N–H and O–H groups in total. The van der Waals surface area contributed by atoms with E-state index in [0.717, 1.165) is 0 Å². The topological polar surface area (TPSA) is 150 Å². The third-order valence-corrected chi connectivity index (χ3v) is 6.04. The molecule has 0 aromatic heterocycles. The Hall–Kier alpha value is -2.79. The summed E-state index contributed by atoms with van der Waals surface area (Å²) in [6, 6.07) is 4.35. The molecule has 0 radical (unpaired) electrons. The van der Waals surface area contributed by atoms with Gasteiger partial charge in [0.2, 0.25) is 21.8 Å². The first-order valence-electron chi connectivity index (χ1n) is 9.01. The number of rotatable bonds is 9. The van der Waals surface area contributed by atoms with Gasteiger partial charge in [0, 0.05) is 6.54 Å². The monoisotopic (exact) mass is 425 g/mol. The van der Waals surface area contributed by atoms with E-state index in [0.29, 0.717) is 19.1 Å². The molecule has 1 aromatic rings. The number of carbonyl (C=O) groups is 4. The first-order chi connectivity index (χ1) is 13.7. The number of carboxylic acid groups (broad SMARTS) is 1. The number of nitrogens with one attached hydrogen (secondary N) is 2. The van der Waals surface area contributed by atoms with E-state index < -0.39 is 52.4 Å². The van der Waals surface area contributed by atoms with Gasteiger partial charge < -0.3 is 20.1 Å². The minimum atomic E-state index is -3.92. The van der Waals surface area contributed by atoms with Crippen LogP contribution in [0.2, 0.25) is 0 Å². The molecular formula is C18H23N3O7S. The van der Waals surface area contributed by atoms with Crippen LogP contribution in [0, 0.1) is 0 Å². The normalized spacial score (nSPS) is 18.7. The molecule has 1 aromatic carbocycles. The lowest BCUT2D eigenvalue weighted by atomic mass is 10.1. The number of hydrogen-bond donors (Lipinski definition) is 3. The van der Waals surface area contributed by atoms with Crippen molar-refractivity contribution in [3.63, 3.8) is 0 Å². The van der Waals surface area contributed by atoms with Crippen LogP contribution in [-0.4, -0.2) is 67.2 Å². The number of aldehydes is 1. The van der Waals surface area contributed by atoms with E-state index in [1.807, 2.05) is 0 Å². The number of hydrogen-bond acceptors (Lipinski definition) is 6. The van der Waals surface area contributed by atoms with Gasteiger partial charge in [0.15, 0.2) is 0 Å². The Kier molecular flexibility index (Phi) is 7.46. The molecule has 10 nitrogen and oxygen atoms in total. The van der Waals surface area contributed by atoms with Crippen molar-refractivity contribution < 1.29 is 32.7 Å². The number of likely N-dealkylation sites (tertiary alicyclic amines) is 1. The van der Waals surface area contributed by atoms with Crippen molar-refractivity contribution in [3.8, 4) is 0 Å². The maximum absolute atomic E-state index is 12.8. The standard InChI is InChI=1S/C18H23N3O7S/c1-12(20-29(27,28)14-6-3-2-4-7-14)18(26)21-9-5-8-15(21)17(25)19-13(11-22)10-16(23)24/h2-4,6-7,11-13,15,20H,5,8-10H2,1H3,(H,19,25)(H,23,24)/t12-,13-,15-/m0/s1. The molecule has 0 aliphatic carbocycles. The Bertz CT molecular complexity index is 873. The lowest BCUT2D eigenvalue weighted by Gasteiger charge is -2.27. The van der Waals surface area contributed by atoms with E-state index in [9.17, 15) is 27.6 Å². The first kappa shape index (κ1) is 22.5. The Labute approximate surface area is 168 Å². The van der Waals surface area contributed by atoms with Crippen LogP contribution in [0.4, 0.5) is 0 Å². The molecule has 0 unspecified atom stereocenters. The summed E-state index contributed by atoms with van der Waals surface area (Å²) < 4.78 is 27.1. The molecule has 1 fully saturated rings. The highest BCUT2D eigenvalue weighted by atomic mass is 32.2. The van der Waals surface area contributed by atoms with E-state index in [4.69, 9.17) is 5.11 Å². The molecular weight excluding hydrogens is 402 g/mol. The second kappa shape index (κ2) is 9.61. The van der Waals surface area contributed by atoms with Gasteiger partial charge in [-0.25, -0.2) is 8.42 Å². The van der Waals surface area contributed by atoms with Gasteiger partial charge in [-0.1, -0.05) is 18.2 Å². The molecule has 1 aliphatic rings. The summed E-state index contributed by atoms with van der Waals surface area (Å²) in [5, 5.41) is 11.1. The van der Waals surface area contributed by atoms with E-state index in [2.05, 4.69) is 10.0 Å². The van der Waals surface area contributed by atoms with Crippen LogP contribution in [0.3, 0.4) is 0 Å². The zero-order valence-corrected chi connectivity index (χ0v) is 16.6. The van der Waals surface area contributed by atoms with Crippen LogP contribution in [0.15, 0.2) is 35.2 Å². The van der Waals surface area contributed by atoms with E-state index in [1.165, 1.54) is 24.0 Å². The number of sulfonamides is 1. The molecule has 1 heterocycles. The van der Waals surface area contributed by atoms with Gasteiger partial charge in [0.25, 0.3) is 0 Å². The molecule has 0 bridgehead atoms. The minimum Gasteiger partial charge on any atom is -0.481 e. The van der Waals surface area contributed by atoms with Gasteiger partial charge >= 0.3 is 5.97 Å². The summed E-state index contributed by atoms with van der Waals surface area (Å²) in [6.45, 7) is 1.63. The van der Waals surface area contributed by atoms with Crippen molar-refractivity contribution in [2.75, 3.05) is 6.54 Å².